The summed E-state index contributed by atoms with van der Waals surface area (Å²) in [5.74, 6) is 0.309. The number of fused-ring (bicyclic) bond motifs is 1. The van der Waals surface area contributed by atoms with Gasteiger partial charge in [-0.15, -0.1) is 0 Å². The molecule has 0 heterocycles. The molecule has 3 rings (SSSR count). The van der Waals surface area contributed by atoms with Crippen LogP contribution in [0.3, 0.4) is 0 Å². The molecule has 0 fully saturated rings. The van der Waals surface area contributed by atoms with E-state index in [-0.39, 0.29) is 11.5 Å². The smallest absolute Gasteiger partial charge is 0.130 e. The predicted molar refractivity (Wildman–Crippen MR) is 85.1 cm³/mol. The van der Waals surface area contributed by atoms with Gasteiger partial charge in [-0.05, 0) is 62.8 Å². The predicted octanol–water partition coefficient (Wildman–Crippen LogP) is 4.55. The van der Waals surface area contributed by atoms with Crippen LogP contribution in [0, 0.1) is 11.3 Å². The molecule has 0 unspecified atom stereocenters. The Labute approximate surface area is 129 Å². The zero-order valence-corrected chi connectivity index (χ0v) is 12.4. The Morgan fingerprint density at radius 2 is 1.62 bits per heavy atom. The Morgan fingerprint density at radius 1 is 0.905 bits per heavy atom. The number of hydrogen-bond acceptors (Lipinski definition) is 3. The molecule has 0 aliphatic carbocycles. The normalized spacial score (nSPS) is 10.5. The number of rotatable bonds is 1. The Hall–Kier alpha value is -2.51. The van der Waals surface area contributed by atoms with Crippen LogP contribution < -0.4 is 0 Å². The van der Waals surface area contributed by atoms with Crippen LogP contribution in [0.2, 0.25) is 0 Å². The van der Waals surface area contributed by atoms with Crippen molar-refractivity contribution < 1.29 is 10.2 Å². The average molecular weight is 340 g/mol. The van der Waals surface area contributed by atoms with E-state index in [1.165, 1.54) is 0 Å². The molecule has 0 amide bonds. The van der Waals surface area contributed by atoms with E-state index in [2.05, 4.69) is 22.0 Å². The number of benzene rings is 3. The molecular weight excluding hydrogens is 330 g/mol. The van der Waals surface area contributed by atoms with Crippen molar-refractivity contribution in [1.82, 2.24) is 0 Å². The molecule has 0 aromatic heterocycles. The van der Waals surface area contributed by atoms with Crippen molar-refractivity contribution >= 4 is 26.7 Å². The number of nitriles is 1. The first kappa shape index (κ1) is 13.5. The van der Waals surface area contributed by atoms with Crippen LogP contribution >= 0.6 is 15.9 Å². The molecule has 102 valence electrons. The van der Waals surface area contributed by atoms with Gasteiger partial charge in [-0.1, -0.05) is 18.2 Å². The maximum absolute atomic E-state index is 9.77. The number of halogens is 1. The molecular formula is C17H10BrNO2. The van der Waals surface area contributed by atoms with Gasteiger partial charge in [0.05, 0.1) is 16.1 Å². The van der Waals surface area contributed by atoms with E-state index in [4.69, 9.17) is 0 Å². The molecule has 0 bridgehead atoms. The lowest BCUT2D eigenvalue weighted by Crippen LogP contribution is -1.86. The summed E-state index contributed by atoms with van der Waals surface area (Å²) >= 11 is 3.33. The quantitative estimate of drug-likeness (QED) is 0.683. The fourth-order valence-electron chi connectivity index (χ4n) is 2.32. The molecule has 0 spiro atoms. The summed E-state index contributed by atoms with van der Waals surface area (Å²) < 4.78 is 0.522. The third-order valence-electron chi connectivity index (χ3n) is 3.36. The van der Waals surface area contributed by atoms with Gasteiger partial charge in [0, 0.05) is 5.39 Å². The summed E-state index contributed by atoms with van der Waals surface area (Å²) in [6.07, 6.45) is 0. The van der Waals surface area contributed by atoms with E-state index in [0.29, 0.717) is 15.4 Å². The lowest BCUT2D eigenvalue weighted by Gasteiger charge is -2.09. The number of phenolic OH excluding ortho intramolecular Hbond substituents is 2. The summed E-state index contributed by atoms with van der Waals surface area (Å²) in [5.41, 5.74) is 2.28. The van der Waals surface area contributed by atoms with Crippen LogP contribution in [0.1, 0.15) is 5.56 Å². The molecule has 0 saturated carbocycles. The highest BCUT2D eigenvalue weighted by atomic mass is 79.9. The second-order valence-corrected chi connectivity index (χ2v) is 5.47. The highest BCUT2D eigenvalue weighted by Gasteiger charge is 2.11. The lowest BCUT2D eigenvalue weighted by molar-refractivity contribution is 0.473. The number of hydrogen-bond donors (Lipinski definition) is 2. The summed E-state index contributed by atoms with van der Waals surface area (Å²) in [6.45, 7) is 0. The van der Waals surface area contributed by atoms with Gasteiger partial charge in [0.1, 0.15) is 11.5 Å². The summed E-state index contributed by atoms with van der Waals surface area (Å²) in [4.78, 5) is 0. The topological polar surface area (TPSA) is 64.2 Å². The van der Waals surface area contributed by atoms with Crippen molar-refractivity contribution in [2.75, 3.05) is 0 Å². The van der Waals surface area contributed by atoms with Crippen molar-refractivity contribution in [3.63, 3.8) is 0 Å². The first-order chi connectivity index (χ1) is 10.1. The van der Waals surface area contributed by atoms with E-state index in [1.807, 2.05) is 6.07 Å². The first-order valence-electron chi connectivity index (χ1n) is 6.25. The van der Waals surface area contributed by atoms with Gasteiger partial charge >= 0.3 is 0 Å². The van der Waals surface area contributed by atoms with Gasteiger partial charge in [-0.2, -0.15) is 5.26 Å². The largest absolute Gasteiger partial charge is 0.508 e. The molecule has 0 atom stereocenters. The van der Waals surface area contributed by atoms with Crippen LogP contribution in [0.4, 0.5) is 0 Å². The molecule has 0 aliphatic heterocycles. The lowest BCUT2D eigenvalue weighted by atomic mass is 9.97. The molecule has 21 heavy (non-hydrogen) atoms. The van der Waals surface area contributed by atoms with Crippen LogP contribution in [0.5, 0.6) is 11.5 Å². The third kappa shape index (κ3) is 2.32. The van der Waals surface area contributed by atoms with E-state index in [0.717, 1.165) is 16.5 Å². The van der Waals surface area contributed by atoms with Crippen molar-refractivity contribution in [3.05, 3.63) is 58.6 Å². The van der Waals surface area contributed by atoms with Crippen molar-refractivity contribution in [3.8, 4) is 28.7 Å². The van der Waals surface area contributed by atoms with E-state index in [1.54, 1.807) is 42.5 Å². The van der Waals surface area contributed by atoms with Crippen molar-refractivity contribution in [2.24, 2.45) is 0 Å². The van der Waals surface area contributed by atoms with Crippen molar-refractivity contribution in [2.45, 2.75) is 0 Å². The third-order valence-corrected chi connectivity index (χ3v) is 4.16. The SMILES string of the molecule is N#Cc1cc(-c2ccc(O)cc2)cc2ccc(O)c(Br)c12. The number of phenols is 2. The molecule has 0 aliphatic rings. The Bertz CT molecular complexity index is 880. The molecule has 3 aromatic carbocycles. The summed E-state index contributed by atoms with van der Waals surface area (Å²) in [6, 6.07) is 16.1. The zero-order chi connectivity index (χ0) is 15.0. The maximum atomic E-state index is 9.77. The Balaban J connectivity index is 2.31. The van der Waals surface area contributed by atoms with Crippen molar-refractivity contribution in [1.29, 1.82) is 5.26 Å². The molecule has 3 nitrogen and oxygen atoms in total. The molecule has 0 radical (unpaired) electrons. The Kier molecular flexibility index (Phi) is 3.28. The minimum absolute atomic E-state index is 0.108. The standard InChI is InChI=1S/C17H10BrNO2/c18-17-15(21)6-3-11-7-12(8-13(9-19)16(11)17)10-1-4-14(20)5-2-10/h1-8,20-21H. The van der Waals surface area contributed by atoms with E-state index in [9.17, 15) is 15.5 Å². The summed E-state index contributed by atoms with van der Waals surface area (Å²) in [5, 5.41) is 30.1. The fraction of sp³-hybridized carbons (Fsp3) is 0. The van der Waals surface area contributed by atoms with Crippen LogP contribution in [-0.2, 0) is 0 Å². The number of nitrogens with zero attached hydrogens (tertiary/aromatic N) is 1. The monoisotopic (exact) mass is 339 g/mol. The summed E-state index contributed by atoms with van der Waals surface area (Å²) in [7, 11) is 0. The van der Waals surface area contributed by atoms with Gasteiger partial charge in [-0.3, -0.25) is 0 Å². The van der Waals surface area contributed by atoms with Crippen LogP contribution in [0.25, 0.3) is 21.9 Å². The van der Waals surface area contributed by atoms with Crippen LogP contribution in [-0.4, -0.2) is 10.2 Å². The van der Waals surface area contributed by atoms with Gasteiger partial charge < -0.3 is 10.2 Å². The minimum atomic E-state index is 0.108. The van der Waals surface area contributed by atoms with Gasteiger partial charge in [0.15, 0.2) is 0 Å². The molecule has 3 aromatic rings. The maximum Gasteiger partial charge on any atom is 0.130 e. The zero-order valence-electron chi connectivity index (χ0n) is 10.8. The molecule has 2 N–H and O–H groups in total. The van der Waals surface area contributed by atoms with Gasteiger partial charge in [0.25, 0.3) is 0 Å². The van der Waals surface area contributed by atoms with E-state index >= 15 is 0 Å². The van der Waals surface area contributed by atoms with Crippen LogP contribution in [0.15, 0.2) is 53.0 Å². The van der Waals surface area contributed by atoms with E-state index < -0.39 is 0 Å². The second-order valence-electron chi connectivity index (χ2n) is 4.68. The number of aromatic hydroxyl groups is 2. The molecule has 4 heteroatoms. The highest BCUT2D eigenvalue weighted by Crippen LogP contribution is 2.37. The molecule has 0 saturated heterocycles. The average Bonchev–Trinajstić information content (AvgIpc) is 2.50. The van der Waals surface area contributed by atoms with Gasteiger partial charge in [-0.25, -0.2) is 0 Å². The highest BCUT2D eigenvalue weighted by molar-refractivity contribution is 9.10. The minimum Gasteiger partial charge on any atom is -0.508 e. The fourth-order valence-corrected chi connectivity index (χ4v) is 2.89. The second kappa shape index (κ2) is 5.12. The Morgan fingerprint density at radius 3 is 2.29 bits per heavy atom. The van der Waals surface area contributed by atoms with Gasteiger partial charge in [0.2, 0.25) is 0 Å². The first-order valence-corrected chi connectivity index (χ1v) is 7.04.